The lowest BCUT2D eigenvalue weighted by Gasteiger charge is -2.30. The Morgan fingerprint density at radius 3 is 2.67 bits per heavy atom. The third-order valence-corrected chi connectivity index (χ3v) is 6.27. The molecule has 1 aromatic rings. The Morgan fingerprint density at radius 1 is 1.56 bits per heavy atom. The Bertz CT molecular complexity index is 551. The Balaban J connectivity index is 2.45. The van der Waals surface area contributed by atoms with Crippen LogP contribution in [0.4, 0.5) is 0 Å². The van der Waals surface area contributed by atoms with Gasteiger partial charge in [-0.1, -0.05) is 0 Å². The lowest BCUT2D eigenvalue weighted by atomic mass is 10.0. The van der Waals surface area contributed by atoms with Gasteiger partial charge in [0, 0.05) is 18.2 Å². The molecule has 0 atom stereocenters. The van der Waals surface area contributed by atoms with Crippen molar-refractivity contribution in [2.45, 2.75) is 43.7 Å². The molecule has 2 heterocycles. The van der Waals surface area contributed by atoms with Crippen molar-refractivity contribution in [2.24, 2.45) is 5.73 Å². The van der Waals surface area contributed by atoms with E-state index in [-0.39, 0.29) is 21.6 Å². The van der Waals surface area contributed by atoms with Crippen molar-refractivity contribution >= 4 is 26.0 Å². The van der Waals surface area contributed by atoms with Crippen LogP contribution in [0.1, 0.15) is 32.4 Å². The molecule has 1 aromatic heterocycles. The summed E-state index contributed by atoms with van der Waals surface area (Å²) >= 11 is 3.15. The van der Waals surface area contributed by atoms with E-state index in [1.54, 1.807) is 0 Å². The first kappa shape index (κ1) is 14.0. The summed E-state index contributed by atoms with van der Waals surface area (Å²) < 4.78 is 32.2. The van der Waals surface area contributed by atoms with Crippen LogP contribution in [0.15, 0.2) is 20.0 Å². The average Bonchev–Trinajstić information content (AvgIpc) is 2.81. The van der Waals surface area contributed by atoms with Gasteiger partial charge in [0.2, 0.25) is 10.0 Å². The molecule has 0 saturated carbocycles. The number of furan rings is 1. The third kappa shape index (κ3) is 2.24. The topological polar surface area (TPSA) is 76.5 Å². The first-order chi connectivity index (χ1) is 8.29. The third-order valence-electron chi connectivity index (χ3n) is 3.30. The van der Waals surface area contributed by atoms with E-state index in [2.05, 4.69) is 15.9 Å². The van der Waals surface area contributed by atoms with Crippen LogP contribution in [0.25, 0.3) is 0 Å². The van der Waals surface area contributed by atoms with Gasteiger partial charge >= 0.3 is 0 Å². The van der Waals surface area contributed by atoms with Gasteiger partial charge in [0.1, 0.15) is 10.7 Å². The van der Waals surface area contributed by atoms with Gasteiger partial charge < -0.3 is 10.2 Å². The predicted molar refractivity (Wildman–Crippen MR) is 71.5 cm³/mol. The van der Waals surface area contributed by atoms with Gasteiger partial charge in [0.15, 0.2) is 4.67 Å². The molecule has 0 unspecified atom stereocenters. The summed E-state index contributed by atoms with van der Waals surface area (Å²) in [6.45, 7) is 4.60. The van der Waals surface area contributed by atoms with Crippen molar-refractivity contribution in [1.29, 1.82) is 0 Å². The summed E-state index contributed by atoms with van der Waals surface area (Å²) in [5.74, 6) is 0.456. The lowest BCUT2D eigenvalue weighted by Crippen LogP contribution is -2.42. The zero-order valence-corrected chi connectivity index (χ0v) is 12.8. The van der Waals surface area contributed by atoms with E-state index in [9.17, 15) is 8.42 Å². The van der Waals surface area contributed by atoms with Crippen LogP contribution in [0.2, 0.25) is 0 Å². The standard InChI is InChI=1S/C11H17BrN2O3S/c1-11(2)4-3-5-14(11)18(15,16)9-6-8(7-13)17-10(9)12/h6H,3-5,7,13H2,1-2H3. The molecule has 1 aliphatic rings. The molecule has 18 heavy (non-hydrogen) atoms. The van der Waals surface area contributed by atoms with Gasteiger partial charge in [-0.15, -0.1) is 0 Å². The molecule has 1 saturated heterocycles. The smallest absolute Gasteiger partial charge is 0.247 e. The summed E-state index contributed by atoms with van der Waals surface area (Å²) in [5, 5.41) is 0. The SMILES string of the molecule is CC1(C)CCCN1S(=O)(=O)c1cc(CN)oc1Br. The maximum absolute atomic E-state index is 12.6. The van der Waals surface area contributed by atoms with Gasteiger partial charge in [0.05, 0.1) is 6.54 Å². The average molecular weight is 337 g/mol. The monoisotopic (exact) mass is 336 g/mol. The normalized spacial score (nSPS) is 20.4. The van der Waals surface area contributed by atoms with Crippen molar-refractivity contribution in [3.05, 3.63) is 16.5 Å². The van der Waals surface area contributed by atoms with Crippen molar-refractivity contribution in [3.8, 4) is 0 Å². The number of rotatable bonds is 3. The first-order valence-corrected chi connectivity index (χ1v) is 8.03. The quantitative estimate of drug-likeness (QED) is 0.916. The molecule has 0 aromatic carbocycles. The molecule has 0 spiro atoms. The molecular formula is C11H17BrN2O3S. The molecule has 1 fully saturated rings. The number of hydrogen-bond donors (Lipinski definition) is 1. The summed E-state index contributed by atoms with van der Waals surface area (Å²) in [6, 6.07) is 1.49. The molecule has 102 valence electrons. The van der Waals surface area contributed by atoms with Crippen LogP contribution in [0.5, 0.6) is 0 Å². The maximum atomic E-state index is 12.6. The molecule has 0 aliphatic carbocycles. The molecule has 7 heteroatoms. The van der Waals surface area contributed by atoms with E-state index in [0.717, 1.165) is 12.8 Å². The van der Waals surface area contributed by atoms with Crippen LogP contribution in [-0.4, -0.2) is 24.8 Å². The summed E-state index contributed by atoms with van der Waals surface area (Å²) in [7, 11) is -3.53. The molecule has 2 N–H and O–H groups in total. The zero-order valence-electron chi connectivity index (χ0n) is 10.4. The maximum Gasteiger partial charge on any atom is 0.247 e. The Hall–Kier alpha value is -0.370. The van der Waals surface area contributed by atoms with Crippen LogP contribution in [0.3, 0.4) is 0 Å². The van der Waals surface area contributed by atoms with Crippen molar-refractivity contribution in [2.75, 3.05) is 6.54 Å². The largest absolute Gasteiger partial charge is 0.452 e. The predicted octanol–water partition coefficient (Wildman–Crippen LogP) is 2.06. The Labute approximate surface area is 116 Å². The molecule has 0 bridgehead atoms. The van der Waals surface area contributed by atoms with Crippen molar-refractivity contribution < 1.29 is 12.8 Å². The van der Waals surface area contributed by atoms with Gasteiger partial charge in [-0.3, -0.25) is 0 Å². The van der Waals surface area contributed by atoms with Crippen molar-refractivity contribution in [3.63, 3.8) is 0 Å². The fourth-order valence-electron chi connectivity index (χ4n) is 2.32. The van der Waals surface area contributed by atoms with Crippen LogP contribution < -0.4 is 5.73 Å². The molecule has 1 aliphatic heterocycles. The number of halogens is 1. The van der Waals surface area contributed by atoms with Gasteiger partial charge in [-0.2, -0.15) is 4.31 Å². The first-order valence-electron chi connectivity index (χ1n) is 5.80. The van der Waals surface area contributed by atoms with E-state index in [1.807, 2.05) is 13.8 Å². The minimum atomic E-state index is -3.53. The summed E-state index contributed by atoms with van der Waals surface area (Å²) in [5.41, 5.74) is 5.11. The van der Waals surface area contributed by atoms with E-state index in [4.69, 9.17) is 10.2 Å². The van der Waals surface area contributed by atoms with E-state index in [0.29, 0.717) is 12.3 Å². The molecule has 2 rings (SSSR count). The van der Waals surface area contributed by atoms with E-state index in [1.165, 1.54) is 10.4 Å². The van der Waals surface area contributed by atoms with Crippen LogP contribution in [-0.2, 0) is 16.6 Å². The highest BCUT2D eigenvalue weighted by Gasteiger charge is 2.42. The van der Waals surface area contributed by atoms with Crippen molar-refractivity contribution in [1.82, 2.24) is 4.31 Å². The van der Waals surface area contributed by atoms with Gasteiger partial charge in [-0.05, 0) is 42.6 Å². The number of nitrogens with zero attached hydrogens (tertiary/aromatic N) is 1. The summed E-state index contributed by atoms with van der Waals surface area (Å²) in [6.07, 6.45) is 1.75. The van der Waals surface area contributed by atoms with E-state index < -0.39 is 10.0 Å². The molecular weight excluding hydrogens is 320 g/mol. The van der Waals surface area contributed by atoms with Crippen LogP contribution >= 0.6 is 15.9 Å². The highest BCUT2D eigenvalue weighted by atomic mass is 79.9. The highest BCUT2D eigenvalue weighted by Crippen LogP contribution is 2.37. The zero-order chi connectivity index (χ0) is 13.6. The van der Waals surface area contributed by atoms with E-state index >= 15 is 0 Å². The fourth-order valence-corrected chi connectivity index (χ4v) is 5.13. The van der Waals surface area contributed by atoms with Crippen LogP contribution in [0, 0.1) is 0 Å². The molecule has 0 radical (unpaired) electrons. The second-order valence-corrected chi connectivity index (χ2v) is 7.60. The fraction of sp³-hybridized carbons (Fsp3) is 0.636. The lowest BCUT2D eigenvalue weighted by molar-refractivity contribution is 0.291. The Morgan fingerprint density at radius 2 is 2.22 bits per heavy atom. The molecule has 5 nitrogen and oxygen atoms in total. The number of hydrogen-bond acceptors (Lipinski definition) is 4. The minimum absolute atomic E-state index is 0.165. The number of sulfonamides is 1. The second kappa shape index (κ2) is 4.63. The highest BCUT2D eigenvalue weighted by molar-refractivity contribution is 9.10. The van der Waals surface area contributed by atoms with Gasteiger partial charge in [0.25, 0.3) is 0 Å². The summed E-state index contributed by atoms with van der Waals surface area (Å²) in [4.78, 5) is 0.165. The molecule has 0 amide bonds. The second-order valence-electron chi connectivity index (χ2n) is 5.05. The Kier molecular flexibility index (Phi) is 3.61. The minimum Gasteiger partial charge on any atom is -0.452 e. The van der Waals surface area contributed by atoms with Gasteiger partial charge in [-0.25, -0.2) is 8.42 Å². The number of nitrogens with two attached hydrogens (primary N) is 1.